The van der Waals surface area contributed by atoms with E-state index in [4.69, 9.17) is 11.6 Å². The number of nitrogens with one attached hydrogen (secondary N) is 2. The van der Waals surface area contributed by atoms with Crippen molar-refractivity contribution in [3.63, 3.8) is 0 Å². The number of pyridine rings is 1. The maximum absolute atomic E-state index is 10.1. The highest BCUT2D eigenvalue weighted by Gasteiger charge is 2.22. The number of piperidine rings is 1. The molecule has 1 aromatic carbocycles. The summed E-state index contributed by atoms with van der Waals surface area (Å²) >= 11 is 6.56. The molecule has 158 valence electrons. The summed E-state index contributed by atoms with van der Waals surface area (Å²) in [6, 6.07) is 6.36. The minimum atomic E-state index is -1.07. The Bertz CT molecular complexity index is 1030. The van der Waals surface area contributed by atoms with Crippen LogP contribution in [-0.2, 0) is 5.60 Å². The number of aliphatic hydroxyl groups is 1. The van der Waals surface area contributed by atoms with Crippen LogP contribution in [0.25, 0.3) is 22.0 Å². The van der Waals surface area contributed by atoms with Crippen LogP contribution in [-0.4, -0.2) is 39.2 Å². The lowest BCUT2D eigenvalue weighted by Crippen LogP contribution is -2.38. The first-order chi connectivity index (χ1) is 14.3. The van der Waals surface area contributed by atoms with Crippen molar-refractivity contribution in [1.82, 2.24) is 20.3 Å². The van der Waals surface area contributed by atoms with Crippen LogP contribution in [0.3, 0.4) is 0 Å². The molecular formula is C23H28ClN5O. The van der Waals surface area contributed by atoms with Gasteiger partial charge >= 0.3 is 0 Å². The van der Waals surface area contributed by atoms with Crippen LogP contribution in [0.15, 0.2) is 36.8 Å². The molecule has 30 heavy (non-hydrogen) atoms. The van der Waals surface area contributed by atoms with E-state index in [2.05, 4.69) is 38.6 Å². The molecule has 2 unspecified atom stereocenters. The highest BCUT2D eigenvalue weighted by atomic mass is 35.5. The summed E-state index contributed by atoms with van der Waals surface area (Å²) in [7, 11) is 0. The van der Waals surface area contributed by atoms with E-state index in [1.54, 1.807) is 32.4 Å². The standard InChI is InChI=1S/C23H28ClN5O/c1-14(16-5-4-8-25-10-16)29-21-18-9-15(6-7-20(18)26-13-19(21)24)17-11-27-22(28-12-17)23(2,3)30/h6-7,9,11-14,16,25,30H,4-5,8,10H2,1-3H3,(H,26,29). The van der Waals surface area contributed by atoms with Gasteiger partial charge in [0.15, 0.2) is 5.82 Å². The van der Waals surface area contributed by atoms with Crippen molar-refractivity contribution in [3.8, 4) is 11.1 Å². The normalized spacial score (nSPS) is 18.4. The molecule has 4 rings (SSSR count). The van der Waals surface area contributed by atoms with Gasteiger partial charge in [0.2, 0.25) is 0 Å². The summed E-state index contributed by atoms with van der Waals surface area (Å²) in [4.78, 5) is 13.2. The zero-order valence-corrected chi connectivity index (χ0v) is 18.4. The van der Waals surface area contributed by atoms with Crippen LogP contribution in [0.5, 0.6) is 0 Å². The van der Waals surface area contributed by atoms with Gasteiger partial charge in [-0.3, -0.25) is 4.98 Å². The average molecular weight is 426 g/mol. The van der Waals surface area contributed by atoms with Gasteiger partial charge in [0, 0.05) is 35.6 Å². The fourth-order valence-electron chi connectivity index (χ4n) is 3.94. The van der Waals surface area contributed by atoms with Crippen molar-refractivity contribution >= 4 is 28.2 Å². The molecule has 0 spiro atoms. The van der Waals surface area contributed by atoms with Crippen LogP contribution < -0.4 is 10.6 Å². The maximum Gasteiger partial charge on any atom is 0.159 e. The minimum Gasteiger partial charge on any atom is -0.382 e. The Kier molecular flexibility index (Phi) is 5.91. The van der Waals surface area contributed by atoms with Crippen molar-refractivity contribution in [2.75, 3.05) is 18.4 Å². The van der Waals surface area contributed by atoms with Gasteiger partial charge in [-0.05, 0) is 70.3 Å². The maximum atomic E-state index is 10.1. The number of hydrogen-bond acceptors (Lipinski definition) is 6. The van der Waals surface area contributed by atoms with E-state index >= 15 is 0 Å². The summed E-state index contributed by atoms with van der Waals surface area (Å²) < 4.78 is 0. The number of rotatable bonds is 5. The molecular weight excluding hydrogens is 398 g/mol. The fraction of sp³-hybridized carbons (Fsp3) is 0.435. The van der Waals surface area contributed by atoms with Crippen LogP contribution in [0.4, 0.5) is 5.69 Å². The number of halogens is 1. The van der Waals surface area contributed by atoms with E-state index in [1.807, 2.05) is 12.1 Å². The Labute approximate surface area is 182 Å². The van der Waals surface area contributed by atoms with Crippen molar-refractivity contribution < 1.29 is 5.11 Å². The first-order valence-corrected chi connectivity index (χ1v) is 10.8. The van der Waals surface area contributed by atoms with Gasteiger partial charge in [-0.25, -0.2) is 9.97 Å². The SMILES string of the molecule is CC(Nc1c(Cl)cnc2ccc(-c3cnc(C(C)(C)O)nc3)cc12)C1CCCNC1. The van der Waals surface area contributed by atoms with Crippen molar-refractivity contribution in [2.24, 2.45) is 5.92 Å². The Hall–Kier alpha value is -2.28. The predicted molar refractivity (Wildman–Crippen MR) is 122 cm³/mol. The largest absolute Gasteiger partial charge is 0.382 e. The first kappa shape index (κ1) is 21.0. The quantitative estimate of drug-likeness (QED) is 0.563. The molecule has 3 aromatic rings. The predicted octanol–water partition coefficient (Wildman–Crippen LogP) is 4.37. The zero-order valence-electron chi connectivity index (χ0n) is 17.6. The molecule has 0 amide bonds. The number of aromatic nitrogens is 3. The second-order valence-electron chi connectivity index (χ2n) is 8.61. The molecule has 3 heterocycles. The van der Waals surface area contributed by atoms with Gasteiger partial charge in [-0.1, -0.05) is 17.7 Å². The molecule has 1 aliphatic rings. The second-order valence-corrected chi connectivity index (χ2v) is 9.01. The molecule has 1 fully saturated rings. The number of hydrogen-bond donors (Lipinski definition) is 3. The molecule has 7 heteroatoms. The van der Waals surface area contributed by atoms with Crippen LogP contribution in [0, 0.1) is 5.92 Å². The molecule has 1 aliphatic heterocycles. The molecule has 0 bridgehead atoms. The van der Waals surface area contributed by atoms with E-state index in [-0.39, 0.29) is 0 Å². The molecule has 2 atom stereocenters. The second kappa shape index (κ2) is 8.46. The van der Waals surface area contributed by atoms with Crippen LogP contribution in [0.2, 0.25) is 5.02 Å². The van der Waals surface area contributed by atoms with Crippen molar-refractivity contribution in [2.45, 2.75) is 45.3 Å². The van der Waals surface area contributed by atoms with Crippen molar-refractivity contribution in [1.29, 1.82) is 0 Å². The molecule has 3 N–H and O–H groups in total. The lowest BCUT2D eigenvalue weighted by molar-refractivity contribution is 0.0687. The third kappa shape index (κ3) is 4.41. The third-order valence-electron chi connectivity index (χ3n) is 5.77. The smallest absolute Gasteiger partial charge is 0.159 e. The first-order valence-electron chi connectivity index (χ1n) is 10.4. The lowest BCUT2D eigenvalue weighted by atomic mass is 9.92. The summed E-state index contributed by atoms with van der Waals surface area (Å²) in [5.41, 5.74) is 2.58. The number of nitrogens with zero attached hydrogens (tertiary/aromatic N) is 3. The Morgan fingerprint density at radius 2 is 1.93 bits per heavy atom. The molecule has 2 aromatic heterocycles. The van der Waals surface area contributed by atoms with Gasteiger partial charge in [0.1, 0.15) is 5.60 Å². The average Bonchev–Trinajstić information content (AvgIpc) is 2.75. The molecule has 6 nitrogen and oxygen atoms in total. The summed E-state index contributed by atoms with van der Waals surface area (Å²) in [6.07, 6.45) is 7.59. The molecule has 0 radical (unpaired) electrons. The fourth-order valence-corrected chi connectivity index (χ4v) is 4.14. The summed E-state index contributed by atoms with van der Waals surface area (Å²) in [5, 5.41) is 18.8. The lowest BCUT2D eigenvalue weighted by Gasteiger charge is -2.30. The number of benzene rings is 1. The van der Waals surface area contributed by atoms with E-state index in [9.17, 15) is 5.11 Å². The third-order valence-corrected chi connectivity index (χ3v) is 6.05. The molecule has 0 aliphatic carbocycles. The Balaban J connectivity index is 1.68. The number of fused-ring (bicyclic) bond motifs is 1. The monoisotopic (exact) mass is 425 g/mol. The van der Waals surface area contributed by atoms with E-state index < -0.39 is 5.60 Å². The van der Waals surface area contributed by atoms with Gasteiger partial charge in [-0.15, -0.1) is 0 Å². The van der Waals surface area contributed by atoms with E-state index in [0.717, 1.165) is 40.8 Å². The van der Waals surface area contributed by atoms with E-state index in [0.29, 0.717) is 22.8 Å². The van der Waals surface area contributed by atoms with E-state index in [1.165, 1.54) is 12.8 Å². The van der Waals surface area contributed by atoms with Gasteiger partial charge in [-0.2, -0.15) is 0 Å². The molecule has 0 saturated carbocycles. The Morgan fingerprint density at radius 3 is 2.60 bits per heavy atom. The van der Waals surface area contributed by atoms with Gasteiger partial charge in [0.05, 0.1) is 16.2 Å². The highest BCUT2D eigenvalue weighted by molar-refractivity contribution is 6.34. The van der Waals surface area contributed by atoms with Crippen molar-refractivity contribution in [3.05, 3.63) is 47.6 Å². The Morgan fingerprint density at radius 1 is 1.17 bits per heavy atom. The highest BCUT2D eigenvalue weighted by Crippen LogP contribution is 2.34. The zero-order chi connectivity index (χ0) is 21.3. The molecule has 1 saturated heterocycles. The van der Waals surface area contributed by atoms with Gasteiger partial charge < -0.3 is 15.7 Å². The van der Waals surface area contributed by atoms with Gasteiger partial charge in [0.25, 0.3) is 0 Å². The summed E-state index contributed by atoms with van der Waals surface area (Å²) in [5.74, 6) is 0.956. The van der Waals surface area contributed by atoms with Crippen LogP contribution >= 0.6 is 11.6 Å². The summed E-state index contributed by atoms with van der Waals surface area (Å²) in [6.45, 7) is 7.68. The van der Waals surface area contributed by atoms with Crippen LogP contribution in [0.1, 0.15) is 39.4 Å². The topological polar surface area (TPSA) is 83.0 Å². The minimum absolute atomic E-state index is 0.291. The number of anilines is 1.